The SMILES string of the molecule is C#CC(N)c1cnn2ccncc12. The van der Waals surface area contributed by atoms with Crippen LogP contribution in [0.25, 0.3) is 5.52 Å². The highest BCUT2D eigenvalue weighted by Crippen LogP contribution is 2.14. The monoisotopic (exact) mass is 172 g/mol. The Hall–Kier alpha value is -1.86. The fourth-order valence-electron chi connectivity index (χ4n) is 1.18. The number of rotatable bonds is 1. The van der Waals surface area contributed by atoms with E-state index in [2.05, 4.69) is 16.0 Å². The van der Waals surface area contributed by atoms with Gasteiger partial charge in [-0.3, -0.25) is 4.98 Å². The Kier molecular flexibility index (Phi) is 1.72. The van der Waals surface area contributed by atoms with Crippen LogP contribution in [0.4, 0.5) is 0 Å². The van der Waals surface area contributed by atoms with E-state index < -0.39 is 6.04 Å². The Bertz CT molecular complexity index is 466. The minimum atomic E-state index is -0.415. The zero-order chi connectivity index (χ0) is 9.26. The molecule has 2 heterocycles. The Morgan fingerprint density at radius 2 is 2.38 bits per heavy atom. The lowest BCUT2D eigenvalue weighted by Gasteiger charge is -1.99. The maximum Gasteiger partial charge on any atom is 0.0955 e. The molecule has 0 aliphatic carbocycles. The number of fused-ring (bicyclic) bond motifs is 1. The van der Waals surface area contributed by atoms with E-state index in [4.69, 9.17) is 12.2 Å². The van der Waals surface area contributed by atoms with Gasteiger partial charge < -0.3 is 5.73 Å². The third kappa shape index (κ3) is 1.15. The minimum Gasteiger partial charge on any atom is -0.314 e. The summed E-state index contributed by atoms with van der Waals surface area (Å²) in [6.45, 7) is 0. The fraction of sp³-hybridized carbons (Fsp3) is 0.111. The maximum atomic E-state index is 5.69. The van der Waals surface area contributed by atoms with Crippen molar-refractivity contribution in [1.29, 1.82) is 0 Å². The lowest BCUT2D eigenvalue weighted by atomic mass is 10.1. The number of hydrogen-bond donors (Lipinski definition) is 1. The van der Waals surface area contributed by atoms with Gasteiger partial charge in [0.25, 0.3) is 0 Å². The van der Waals surface area contributed by atoms with Gasteiger partial charge in [-0.1, -0.05) is 5.92 Å². The number of nitrogens with zero attached hydrogens (tertiary/aromatic N) is 3. The first-order valence-corrected chi connectivity index (χ1v) is 3.82. The van der Waals surface area contributed by atoms with Gasteiger partial charge in [-0.15, -0.1) is 6.42 Å². The molecule has 4 nitrogen and oxygen atoms in total. The van der Waals surface area contributed by atoms with Crippen LogP contribution in [0.3, 0.4) is 0 Å². The molecule has 2 N–H and O–H groups in total. The van der Waals surface area contributed by atoms with Gasteiger partial charge in [-0.05, 0) is 0 Å². The van der Waals surface area contributed by atoms with Crippen molar-refractivity contribution in [2.45, 2.75) is 6.04 Å². The van der Waals surface area contributed by atoms with Gasteiger partial charge in [-0.25, -0.2) is 4.52 Å². The Labute approximate surface area is 75.4 Å². The Morgan fingerprint density at radius 1 is 1.54 bits per heavy atom. The molecule has 1 atom stereocenters. The summed E-state index contributed by atoms with van der Waals surface area (Å²) in [5.74, 6) is 2.46. The average molecular weight is 172 g/mol. The summed E-state index contributed by atoms with van der Waals surface area (Å²) in [4.78, 5) is 3.98. The first-order valence-electron chi connectivity index (χ1n) is 3.82. The van der Waals surface area contributed by atoms with Gasteiger partial charge in [0.05, 0.1) is 24.0 Å². The molecule has 13 heavy (non-hydrogen) atoms. The highest BCUT2D eigenvalue weighted by Gasteiger charge is 2.08. The van der Waals surface area contributed by atoms with Crippen LogP contribution in [-0.4, -0.2) is 14.6 Å². The molecular weight excluding hydrogens is 164 g/mol. The number of nitrogens with two attached hydrogens (primary N) is 1. The van der Waals surface area contributed by atoms with Crippen molar-refractivity contribution in [3.05, 3.63) is 30.4 Å². The average Bonchev–Trinajstić information content (AvgIpc) is 2.60. The van der Waals surface area contributed by atoms with E-state index in [9.17, 15) is 0 Å². The van der Waals surface area contributed by atoms with Crippen LogP contribution >= 0.6 is 0 Å². The van der Waals surface area contributed by atoms with Crippen LogP contribution < -0.4 is 5.73 Å². The number of aromatic nitrogens is 3. The zero-order valence-electron chi connectivity index (χ0n) is 6.88. The molecule has 0 fully saturated rings. The molecule has 0 saturated heterocycles. The summed E-state index contributed by atoms with van der Waals surface area (Å²) in [5, 5.41) is 4.09. The van der Waals surface area contributed by atoms with E-state index >= 15 is 0 Å². The minimum absolute atomic E-state index is 0.415. The van der Waals surface area contributed by atoms with Gasteiger partial charge in [0.2, 0.25) is 0 Å². The number of hydrogen-bond acceptors (Lipinski definition) is 3. The molecule has 0 radical (unpaired) electrons. The quantitative estimate of drug-likeness (QED) is 0.632. The predicted octanol–water partition coefficient (Wildman–Crippen LogP) is 0.362. The smallest absolute Gasteiger partial charge is 0.0955 e. The van der Waals surface area contributed by atoms with E-state index in [-0.39, 0.29) is 0 Å². The zero-order valence-corrected chi connectivity index (χ0v) is 6.88. The van der Waals surface area contributed by atoms with Crippen LogP contribution in [0.15, 0.2) is 24.8 Å². The highest BCUT2D eigenvalue weighted by atomic mass is 15.2. The predicted molar refractivity (Wildman–Crippen MR) is 48.7 cm³/mol. The van der Waals surface area contributed by atoms with Crippen molar-refractivity contribution >= 4 is 5.52 Å². The summed E-state index contributed by atoms with van der Waals surface area (Å²) in [7, 11) is 0. The summed E-state index contributed by atoms with van der Waals surface area (Å²) < 4.78 is 1.69. The third-order valence-corrected chi connectivity index (χ3v) is 1.87. The summed E-state index contributed by atoms with van der Waals surface area (Å²) in [5.41, 5.74) is 7.37. The molecule has 2 aromatic rings. The van der Waals surface area contributed by atoms with Crippen LogP contribution in [0.1, 0.15) is 11.6 Å². The van der Waals surface area contributed by atoms with Gasteiger partial charge in [0.15, 0.2) is 0 Å². The molecule has 0 bridgehead atoms. The largest absolute Gasteiger partial charge is 0.314 e. The highest BCUT2D eigenvalue weighted by molar-refractivity contribution is 5.54. The van der Waals surface area contributed by atoms with Crippen LogP contribution in [0.5, 0.6) is 0 Å². The lowest BCUT2D eigenvalue weighted by molar-refractivity contribution is 0.946. The molecule has 64 valence electrons. The molecule has 4 heteroatoms. The topological polar surface area (TPSA) is 56.2 Å². The first kappa shape index (κ1) is 7.77. The second kappa shape index (κ2) is 2.88. The van der Waals surface area contributed by atoms with Crippen molar-refractivity contribution in [3.63, 3.8) is 0 Å². The third-order valence-electron chi connectivity index (χ3n) is 1.87. The van der Waals surface area contributed by atoms with E-state index in [1.54, 1.807) is 29.3 Å². The van der Waals surface area contributed by atoms with E-state index in [0.29, 0.717) is 0 Å². The molecule has 1 unspecified atom stereocenters. The summed E-state index contributed by atoms with van der Waals surface area (Å²) in [6.07, 6.45) is 12.0. The molecule has 0 aromatic carbocycles. The molecule has 0 spiro atoms. The van der Waals surface area contributed by atoms with Gasteiger partial charge in [0.1, 0.15) is 0 Å². The van der Waals surface area contributed by atoms with Crippen LogP contribution in [-0.2, 0) is 0 Å². The van der Waals surface area contributed by atoms with Crippen LogP contribution in [0.2, 0.25) is 0 Å². The lowest BCUT2D eigenvalue weighted by Crippen LogP contribution is -2.06. The molecule has 2 rings (SSSR count). The standard InChI is InChI=1S/C9H8N4/c1-2-8(10)7-5-12-13-4-3-11-6-9(7)13/h1,3-6,8H,10H2. The molecule has 2 aromatic heterocycles. The Morgan fingerprint density at radius 3 is 3.15 bits per heavy atom. The van der Waals surface area contributed by atoms with Gasteiger partial charge in [-0.2, -0.15) is 5.10 Å². The van der Waals surface area contributed by atoms with Crippen molar-refractivity contribution < 1.29 is 0 Å². The van der Waals surface area contributed by atoms with Crippen molar-refractivity contribution in [1.82, 2.24) is 14.6 Å². The van der Waals surface area contributed by atoms with Crippen molar-refractivity contribution in [2.75, 3.05) is 0 Å². The van der Waals surface area contributed by atoms with E-state index in [1.807, 2.05) is 0 Å². The normalized spacial score (nSPS) is 12.6. The van der Waals surface area contributed by atoms with E-state index in [0.717, 1.165) is 11.1 Å². The van der Waals surface area contributed by atoms with Crippen LogP contribution in [0, 0.1) is 12.3 Å². The molecule has 0 aliphatic rings. The van der Waals surface area contributed by atoms with E-state index in [1.165, 1.54) is 0 Å². The maximum absolute atomic E-state index is 5.69. The molecule has 0 aliphatic heterocycles. The fourth-order valence-corrected chi connectivity index (χ4v) is 1.18. The molecule has 0 saturated carbocycles. The molecule has 0 amide bonds. The van der Waals surface area contributed by atoms with Crippen molar-refractivity contribution in [2.24, 2.45) is 5.73 Å². The molecular formula is C9H8N4. The van der Waals surface area contributed by atoms with Gasteiger partial charge >= 0.3 is 0 Å². The Balaban J connectivity index is 2.66. The van der Waals surface area contributed by atoms with Crippen molar-refractivity contribution in [3.8, 4) is 12.3 Å². The second-order valence-electron chi connectivity index (χ2n) is 2.65. The summed E-state index contributed by atoms with van der Waals surface area (Å²) in [6, 6.07) is -0.415. The summed E-state index contributed by atoms with van der Waals surface area (Å²) >= 11 is 0. The first-order chi connectivity index (χ1) is 6.33. The second-order valence-corrected chi connectivity index (χ2v) is 2.65. The number of terminal acetylenes is 1. The van der Waals surface area contributed by atoms with Gasteiger partial charge in [0, 0.05) is 18.0 Å².